The molecule has 12 heteroatoms. The van der Waals surface area contributed by atoms with Crippen molar-refractivity contribution in [1.82, 2.24) is 16.1 Å². The summed E-state index contributed by atoms with van der Waals surface area (Å²) in [4.78, 5) is 37.0. The summed E-state index contributed by atoms with van der Waals surface area (Å²) in [6, 6.07) is 6.86. The number of allylic oxidation sites excluding steroid dienone is 2. The van der Waals surface area contributed by atoms with Gasteiger partial charge in [-0.05, 0) is 55.7 Å². The molecule has 0 radical (unpaired) electrons. The Bertz CT molecular complexity index is 1350. The van der Waals surface area contributed by atoms with Crippen LogP contribution in [0, 0.1) is 0 Å². The van der Waals surface area contributed by atoms with Gasteiger partial charge in [0, 0.05) is 11.3 Å². The minimum atomic E-state index is -0.779. The van der Waals surface area contributed by atoms with Gasteiger partial charge in [-0.15, -0.1) is 6.58 Å². The fourth-order valence-electron chi connectivity index (χ4n) is 3.99. The van der Waals surface area contributed by atoms with Crippen LogP contribution < -0.4 is 30.3 Å². The highest BCUT2D eigenvalue weighted by atomic mass is 16.5. The lowest BCUT2D eigenvalue weighted by Gasteiger charge is -2.28. The largest absolute Gasteiger partial charge is 0.504 e. The SMILES string of the molecule is C=CCc1cc(/C=N\NC(=O)COc2ccc([C@H]3NC(=O)NC(C)=C3C(=O)OCC)cc2OC)cc(OC)c1O. The van der Waals surface area contributed by atoms with Gasteiger partial charge < -0.3 is 34.7 Å². The van der Waals surface area contributed by atoms with Gasteiger partial charge >= 0.3 is 12.0 Å². The van der Waals surface area contributed by atoms with Gasteiger partial charge in [0.2, 0.25) is 0 Å². The maximum Gasteiger partial charge on any atom is 0.338 e. The molecule has 0 bridgehead atoms. The number of phenols is 1. The summed E-state index contributed by atoms with van der Waals surface area (Å²) in [6.45, 7) is 6.79. The zero-order valence-corrected chi connectivity index (χ0v) is 22.7. The van der Waals surface area contributed by atoms with Gasteiger partial charge in [0.15, 0.2) is 29.6 Å². The van der Waals surface area contributed by atoms with E-state index in [-0.39, 0.29) is 41.8 Å². The Morgan fingerprint density at radius 3 is 2.58 bits per heavy atom. The molecule has 3 amide bonds. The molecular weight excluding hydrogens is 520 g/mol. The van der Waals surface area contributed by atoms with Crippen LogP contribution in [0.1, 0.15) is 36.6 Å². The first-order valence-electron chi connectivity index (χ1n) is 12.3. The van der Waals surface area contributed by atoms with E-state index >= 15 is 0 Å². The molecule has 1 heterocycles. The minimum Gasteiger partial charge on any atom is -0.504 e. The van der Waals surface area contributed by atoms with Gasteiger partial charge in [-0.25, -0.2) is 15.0 Å². The number of amides is 3. The summed E-state index contributed by atoms with van der Waals surface area (Å²) < 4.78 is 21.4. The number of nitrogens with one attached hydrogen (secondary N) is 3. The average molecular weight is 553 g/mol. The molecule has 1 aliphatic rings. The van der Waals surface area contributed by atoms with E-state index in [4.69, 9.17) is 18.9 Å². The molecule has 1 aliphatic heterocycles. The smallest absolute Gasteiger partial charge is 0.338 e. The van der Waals surface area contributed by atoms with E-state index in [1.165, 1.54) is 20.4 Å². The second-order valence-electron chi connectivity index (χ2n) is 8.51. The zero-order valence-electron chi connectivity index (χ0n) is 22.7. The van der Waals surface area contributed by atoms with Crippen LogP contribution in [0.5, 0.6) is 23.0 Å². The molecule has 0 aromatic heterocycles. The molecule has 4 N–H and O–H groups in total. The maximum atomic E-state index is 12.6. The van der Waals surface area contributed by atoms with Crippen molar-refractivity contribution in [1.29, 1.82) is 0 Å². The van der Waals surface area contributed by atoms with Crippen molar-refractivity contribution in [2.45, 2.75) is 26.3 Å². The molecule has 2 aromatic rings. The number of hydrogen-bond donors (Lipinski definition) is 4. The number of nitrogens with zero attached hydrogens (tertiary/aromatic N) is 1. The summed E-state index contributed by atoms with van der Waals surface area (Å²) in [5.74, 6) is -0.252. The number of hydrogen-bond acceptors (Lipinski definition) is 9. The van der Waals surface area contributed by atoms with Gasteiger partial charge in [0.1, 0.15) is 0 Å². The van der Waals surface area contributed by atoms with E-state index in [1.807, 2.05) is 0 Å². The first-order chi connectivity index (χ1) is 19.2. The fraction of sp³-hybridized carbons (Fsp3) is 0.286. The third kappa shape index (κ3) is 7.10. The Morgan fingerprint density at radius 2 is 1.90 bits per heavy atom. The molecule has 0 saturated carbocycles. The van der Waals surface area contributed by atoms with Gasteiger partial charge in [-0.2, -0.15) is 5.10 Å². The number of ether oxygens (including phenoxy) is 4. The topological polar surface area (TPSA) is 157 Å². The van der Waals surface area contributed by atoms with E-state index in [0.717, 1.165) is 0 Å². The third-order valence-corrected chi connectivity index (χ3v) is 5.81. The number of carbonyl (C=O) groups excluding carboxylic acids is 3. The molecule has 3 rings (SSSR count). The number of aromatic hydroxyl groups is 1. The second-order valence-corrected chi connectivity index (χ2v) is 8.51. The van der Waals surface area contributed by atoms with Crippen LogP contribution in [0.3, 0.4) is 0 Å². The first kappa shape index (κ1) is 29.6. The lowest BCUT2D eigenvalue weighted by Crippen LogP contribution is -2.45. The Balaban J connectivity index is 1.69. The van der Waals surface area contributed by atoms with E-state index in [1.54, 1.807) is 50.3 Å². The molecule has 0 unspecified atom stereocenters. The van der Waals surface area contributed by atoms with Crippen LogP contribution in [-0.4, -0.2) is 56.7 Å². The molecule has 12 nitrogen and oxygen atoms in total. The zero-order chi connectivity index (χ0) is 29.2. The number of carbonyl (C=O) groups is 3. The normalized spacial score (nSPS) is 14.7. The van der Waals surface area contributed by atoms with E-state index in [9.17, 15) is 19.5 Å². The van der Waals surface area contributed by atoms with Crippen molar-refractivity contribution in [3.63, 3.8) is 0 Å². The highest BCUT2D eigenvalue weighted by Crippen LogP contribution is 2.35. The van der Waals surface area contributed by atoms with Gasteiger partial charge in [0.25, 0.3) is 5.91 Å². The molecule has 0 saturated heterocycles. The van der Waals surface area contributed by atoms with Crippen LogP contribution in [0.2, 0.25) is 0 Å². The van der Waals surface area contributed by atoms with Crippen LogP contribution in [0.15, 0.2) is 59.4 Å². The van der Waals surface area contributed by atoms with E-state index in [2.05, 4.69) is 27.7 Å². The van der Waals surface area contributed by atoms with Crippen molar-refractivity contribution < 1.29 is 38.4 Å². The number of phenolic OH excluding ortho intramolecular Hbond substituents is 1. The number of benzene rings is 2. The second kappa shape index (κ2) is 13.7. The highest BCUT2D eigenvalue weighted by molar-refractivity contribution is 5.95. The Hall–Kier alpha value is -5.00. The monoisotopic (exact) mass is 552 g/mol. The van der Waals surface area contributed by atoms with Gasteiger partial charge in [0.05, 0.1) is 38.7 Å². The van der Waals surface area contributed by atoms with Crippen LogP contribution >= 0.6 is 0 Å². The first-order valence-corrected chi connectivity index (χ1v) is 12.3. The summed E-state index contributed by atoms with van der Waals surface area (Å²) >= 11 is 0. The van der Waals surface area contributed by atoms with Crippen LogP contribution in [0.4, 0.5) is 4.79 Å². The Labute approximate surface area is 231 Å². The van der Waals surface area contributed by atoms with Crippen molar-refractivity contribution >= 4 is 24.1 Å². The predicted molar refractivity (Wildman–Crippen MR) is 147 cm³/mol. The van der Waals surface area contributed by atoms with Crippen LogP contribution in [-0.2, 0) is 20.7 Å². The number of methoxy groups -OCH3 is 2. The molecule has 40 heavy (non-hydrogen) atoms. The summed E-state index contributed by atoms with van der Waals surface area (Å²) in [7, 11) is 2.87. The van der Waals surface area contributed by atoms with Gasteiger partial charge in [-0.1, -0.05) is 12.1 Å². The number of rotatable bonds is 12. The molecule has 0 aliphatic carbocycles. The number of hydrazone groups is 1. The summed E-state index contributed by atoms with van der Waals surface area (Å²) in [5.41, 5.74) is 4.77. The average Bonchev–Trinajstić information content (AvgIpc) is 2.93. The van der Waals surface area contributed by atoms with E-state index < -0.39 is 23.9 Å². The minimum absolute atomic E-state index is 0.0164. The lowest BCUT2D eigenvalue weighted by atomic mass is 9.95. The van der Waals surface area contributed by atoms with Gasteiger partial charge in [-0.3, -0.25) is 4.79 Å². The fourth-order valence-corrected chi connectivity index (χ4v) is 3.99. The molecule has 0 fully saturated rings. The predicted octanol–water partition coefficient (Wildman–Crippen LogP) is 2.86. The molecular formula is C28H32N4O8. The van der Waals surface area contributed by atoms with E-state index in [0.29, 0.717) is 28.8 Å². The molecule has 212 valence electrons. The number of urea groups is 1. The highest BCUT2D eigenvalue weighted by Gasteiger charge is 2.32. The summed E-state index contributed by atoms with van der Waals surface area (Å²) in [5, 5.41) is 19.4. The third-order valence-electron chi connectivity index (χ3n) is 5.81. The van der Waals surface area contributed by atoms with Crippen LogP contribution in [0.25, 0.3) is 0 Å². The Kier molecular flexibility index (Phi) is 10.1. The van der Waals surface area contributed by atoms with Crippen molar-refractivity contribution in [3.05, 3.63) is 70.9 Å². The summed E-state index contributed by atoms with van der Waals surface area (Å²) in [6.07, 6.45) is 3.48. The number of esters is 1. The van der Waals surface area contributed by atoms with Crippen molar-refractivity contribution in [2.75, 3.05) is 27.4 Å². The lowest BCUT2D eigenvalue weighted by molar-refractivity contribution is -0.139. The van der Waals surface area contributed by atoms with Crippen molar-refractivity contribution in [3.8, 4) is 23.0 Å². The quantitative estimate of drug-likeness (QED) is 0.136. The van der Waals surface area contributed by atoms with Crippen molar-refractivity contribution in [2.24, 2.45) is 5.10 Å². The standard InChI is InChI=1S/C28H32N4O8/c1-6-8-19-11-17(12-22(38-5)26(19)34)14-29-32-23(33)15-40-20-10-9-18(13-21(20)37-4)25-24(27(35)39-7-2)16(3)30-28(36)31-25/h6,9-14,25,34H,1,7-8,15H2,2-5H3,(H,32,33)(H2,30,31,36)/b29-14-/t25-/m1/s1. The molecule has 2 aromatic carbocycles. The Morgan fingerprint density at radius 1 is 1.15 bits per heavy atom. The maximum absolute atomic E-state index is 12.6. The molecule has 0 spiro atoms. The molecule has 1 atom stereocenters.